The van der Waals surface area contributed by atoms with Crippen LogP contribution in [-0.2, 0) is 17.8 Å². The number of aliphatic carboxylic acids is 1. The molecule has 1 aromatic rings. The van der Waals surface area contributed by atoms with Crippen LogP contribution >= 0.6 is 0 Å². The van der Waals surface area contributed by atoms with E-state index in [9.17, 15) is 9.90 Å². The molecule has 0 saturated heterocycles. The molecule has 3 heteroatoms. The highest BCUT2D eigenvalue weighted by atomic mass is 16.4. The van der Waals surface area contributed by atoms with Gasteiger partial charge in [0.05, 0.1) is 12.5 Å². The monoisotopic (exact) mass is 205 g/mol. The van der Waals surface area contributed by atoms with Crippen molar-refractivity contribution in [2.24, 2.45) is 0 Å². The molecule has 15 heavy (non-hydrogen) atoms. The van der Waals surface area contributed by atoms with Crippen LogP contribution in [-0.4, -0.2) is 18.6 Å². The van der Waals surface area contributed by atoms with Gasteiger partial charge in [0.15, 0.2) is 0 Å². The topological polar surface area (TPSA) is 44.6 Å². The smallest absolute Gasteiger partial charge is 0.132 e. The molecule has 0 bridgehead atoms. The summed E-state index contributed by atoms with van der Waals surface area (Å²) in [5.74, 6) is -0.929. The van der Waals surface area contributed by atoms with Crippen molar-refractivity contribution in [2.75, 3.05) is 6.54 Å². The number of benzene rings is 1. The fourth-order valence-electron chi connectivity index (χ4n) is 2.28. The van der Waals surface area contributed by atoms with Crippen LogP contribution in [0.4, 0.5) is 0 Å². The maximum atomic E-state index is 11.0. The molecule has 0 radical (unpaired) electrons. The summed E-state index contributed by atoms with van der Waals surface area (Å²) in [5.41, 5.74) is 2.43. The lowest BCUT2D eigenvalue weighted by molar-refractivity contribution is -0.932. The van der Waals surface area contributed by atoms with E-state index in [0.717, 1.165) is 23.6 Å². The van der Waals surface area contributed by atoms with Crippen LogP contribution in [0.2, 0.25) is 0 Å². The Morgan fingerprint density at radius 3 is 2.73 bits per heavy atom. The van der Waals surface area contributed by atoms with Crippen LogP contribution < -0.4 is 10.0 Å². The number of hydrogen-bond donors (Lipinski definition) is 1. The van der Waals surface area contributed by atoms with Crippen LogP contribution in [0, 0.1) is 0 Å². The van der Waals surface area contributed by atoms with Gasteiger partial charge < -0.3 is 14.8 Å². The van der Waals surface area contributed by atoms with Gasteiger partial charge in [-0.1, -0.05) is 24.3 Å². The largest absolute Gasteiger partial charge is 0.544 e. The predicted octanol–water partition coefficient (Wildman–Crippen LogP) is -1.23. The zero-order valence-corrected chi connectivity index (χ0v) is 8.82. The number of fused-ring (bicyclic) bond motifs is 1. The van der Waals surface area contributed by atoms with Gasteiger partial charge in [0.1, 0.15) is 12.6 Å². The van der Waals surface area contributed by atoms with E-state index in [1.807, 2.05) is 25.1 Å². The van der Waals surface area contributed by atoms with E-state index >= 15 is 0 Å². The summed E-state index contributed by atoms with van der Waals surface area (Å²) in [6, 6.07) is 7.67. The van der Waals surface area contributed by atoms with Gasteiger partial charge in [-0.3, -0.25) is 0 Å². The highest BCUT2D eigenvalue weighted by Crippen LogP contribution is 2.13. The summed E-state index contributed by atoms with van der Waals surface area (Å²) in [4.78, 5) is 12.1. The molecule has 80 valence electrons. The van der Waals surface area contributed by atoms with E-state index in [0.29, 0.717) is 6.42 Å². The molecule has 0 fully saturated rings. The minimum atomic E-state index is -0.929. The molecule has 0 spiro atoms. The number of nitrogens with one attached hydrogen (secondary N) is 1. The summed E-state index contributed by atoms with van der Waals surface area (Å²) < 4.78 is 0. The van der Waals surface area contributed by atoms with E-state index in [2.05, 4.69) is 6.07 Å². The maximum Gasteiger partial charge on any atom is 0.132 e. The summed E-state index contributed by atoms with van der Waals surface area (Å²) >= 11 is 0. The Hall–Kier alpha value is -1.35. The van der Waals surface area contributed by atoms with E-state index in [1.54, 1.807) is 0 Å². The second-order valence-electron chi connectivity index (χ2n) is 4.03. The van der Waals surface area contributed by atoms with Crippen LogP contribution in [0.15, 0.2) is 24.3 Å². The second-order valence-corrected chi connectivity index (χ2v) is 4.03. The molecule has 0 aliphatic carbocycles. The van der Waals surface area contributed by atoms with Gasteiger partial charge in [0.2, 0.25) is 0 Å². The van der Waals surface area contributed by atoms with Gasteiger partial charge in [-0.05, 0) is 12.5 Å². The molecule has 1 unspecified atom stereocenters. The number of likely N-dealkylation sites (N-methyl/N-ethyl adjacent to an activating group) is 1. The highest BCUT2D eigenvalue weighted by Gasteiger charge is 2.28. The Labute approximate surface area is 89.3 Å². The first kappa shape index (κ1) is 10.2. The lowest BCUT2D eigenvalue weighted by Gasteiger charge is -2.33. The first-order valence-electron chi connectivity index (χ1n) is 5.34. The first-order chi connectivity index (χ1) is 7.22. The average molecular weight is 205 g/mol. The molecule has 2 rings (SSSR count). The molecule has 0 aromatic heterocycles. The van der Waals surface area contributed by atoms with E-state index in [-0.39, 0.29) is 6.04 Å². The minimum Gasteiger partial charge on any atom is -0.544 e. The Kier molecular flexibility index (Phi) is 2.73. The summed E-state index contributed by atoms with van der Waals surface area (Å²) in [6.07, 6.45) is 0.599. The fourth-order valence-corrected chi connectivity index (χ4v) is 2.28. The molecule has 1 aromatic carbocycles. The quantitative estimate of drug-likeness (QED) is 0.657. The molecule has 1 N–H and O–H groups in total. The molecule has 3 nitrogen and oxygen atoms in total. The number of rotatable bonds is 2. The lowest BCUT2D eigenvalue weighted by atomic mass is 9.94. The molecular weight excluding hydrogens is 190 g/mol. The Bertz CT molecular complexity index is 376. The maximum absolute atomic E-state index is 11.0. The zero-order chi connectivity index (χ0) is 10.8. The van der Waals surface area contributed by atoms with Crippen molar-refractivity contribution in [3.05, 3.63) is 35.4 Å². The van der Waals surface area contributed by atoms with E-state index < -0.39 is 5.97 Å². The molecule has 0 saturated carbocycles. The Balaban J connectivity index is 2.30. The van der Waals surface area contributed by atoms with Gasteiger partial charge >= 0.3 is 0 Å². The van der Waals surface area contributed by atoms with Gasteiger partial charge in [0, 0.05) is 12.0 Å². The number of carboxylic acids is 1. The third-order valence-electron chi connectivity index (χ3n) is 3.19. The van der Waals surface area contributed by atoms with Crippen LogP contribution in [0.25, 0.3) is 0 Å². The van der Waals surface area contributed by atoms with Crippen molar-refractivity contribution in [1.29, 1.82) is 0 Å². The van der Waals surface area contributed by atoms with Crippen molar-refractivity contribution in [3.8, 4) is 0 Å². The standard InChI is InChI=1S/C12H15NO2/c1-2-13-8-10-6-4-3-5-9(10)7-11(13)12(14)15/h3-6,11H,2,7-8H2,1H3,(H,14,15)/t11-/m0/s1. The normalized spacial score (nSPS) is 24.6. The zero-order valence-electron chi connectivity index (χ0n) is 8.82. The van der Waals surface area contributed by atoms with Crippen LogP contribution in [0.3, 0.4) is 0 Å². The summed E-state index contributed by atoms with van der Waals surface area (Å²) in [7, 11) is 0. The van der Waals surface area contributed by atoms with E-state index in [4.69, 9.17) is 0 Å². The first-order valence-corrected chi connectivity index (χ1v) is 5.34. The SMILES string of the molecule is CC[NH+]1Cc2ccccc2C[C@H]1C(=O)[O-]. The average Bonchev–Trinajstić information content (AvgIpc) is 2.27. The number of carbonyl (C=O) groups is 1. The second kappa shape index (κ2) is 4.03. The van der Waals surface area contributed by atoms with Gasteiger partial charge in [-0.2, -0.15) is 0 Å². The molecule has 2 atom stereocenters. The van der Waals surface area contributed by atoms with Crippen LogP contribution in [0.5, 0.6) is 0 Å². The van der Waals surface area contributed by atoms with Crippen molar-refractivity contribution < 1.29 is 14.8 Å². The summed E-state index contributed by atoms with van der Waals surface area (Å²) in [6.45, 7) is 3.64. The van der Waals surface area contributed by atoms with Gasteiger partial charge in [-0.25, -0.2) is 0 Å². The van der Waals surface area contributed by atoms with Gasteiger partial charge in [0.25, 0.3) is 0 Å². The van der Waals surface area contributed by atoms with Crippen molar-refractivity contribution >= 4 is 5.97 Å². The summed E-state index contributed by atoms with van der Waals surface area (Å²) in [5, 5.41) is 11.0. The molecular formula is C12H15NO2. The van der Waals surface area contributed by atoms with Crippen LogP contribution in [0.1, 0.15) is 18.1 Å². The highest BCUT2D eigenvalue weighted by molar-refractivity contribution is 5.70. The fraction of sp³-hybridized carbons (Fsp3) is 0.417. The molecule has 1 heterocycles. The molecule has 0 amide bonds. The number of quaternary nitrogens is 1. The number of carboxylic acid groups (broad SMARTS) is 1. The third kappa shape index (κ3) is 1.88. The van der Waals surface area contributed by atoms with Gasteiger partial charge in [-0.15, -0.1) is 0 Å². The third-order valence-corrected chi connectivity index (χ3v) is 3.19. The van der Waals surface area contributed by atoms with Crippen molar-refractivity contribution in [3.63, 3.8) is 0 Å². The van der Waals surface area contributed by atoms with Crippen molar-refractivity contribution in [1.82, 2.24) is 0 Å². The predicted molar refractivity (Wildman–Crippen MR) is 54.1 cm³/mol. The molecule has 1 aliphatic heterocycles. The van der Waals surface area contributed by atoms with E-state index in [1.165, 1.54) is 5.56 Å². The minimum absolute atomic E-state index is 0.384. The Morgan fingerprint density at radius 2 is 2.13 bits per heavy atom. The lowest BCUT2D eigenvalue weighted by Crippen LogP contribution is -3.17. The number of hydrogen-bond acceptors (Lipinski definition) is 2. The Morgan fingerprint density at radius 1 is 1.47 bits per heavy atom. The van der Waals surface area contributed by atoms with Crippen molar-refractivity contribution in [2.45, 2.75) is 25.9 Å². The number of carbonyl (C=O) groups excluding carboxylic acids is 1. The molecule has 1 aliphatic rings.